The highest BCUT2D eigenvalue weighted by molar-refractivity contribution is 7.14. The van der Waals surface area contributed by atoms with Crippen LogP contribution in [-0.2, 0) is 0 Å². The molecule has 18 heavy (non-hydrogen) atoms. The molecule has 1 aromatic heterocycles. The van der Waals surface area contributed by atoms with E-state index in [0.29, 0.717) is 10.9 Å². The zero-order valence-electron chi connectivity index (χ0n) is 9.53. The average Bonchev–Trinajstić information content (AvgIpc) is 2.58. The molecule has 3 N–H and O–H groups in total. The molecule has 0 aliphatic carbocycles. The van der Waals surface area contributed by atoms with Gasteiger partial charge in [-0.05, 0) is 31.2 Å². The van der Waals surface area contributed by atoms with E-state index in [1.54, 1.807) is 17.4 Å². The minimum atomic E-state index is 0. The highest BCUT2D eigenvalue weighted by atomic mass is 35.5. The average molecular weight is 300 g/mol. The summed E-state index contributed by atoms with van der Waals surface area (Å²) in [4.78, 5) is 6.60. The monoisotopic (exact) mass is 299 g/mol. The van der Waals surface area contributed by atoms with Gasteiger partial charge < -0.3 is 11.1 Å². The van der Waals surface area contributed by atoms with Crippen LogP contribution in [0.1, 0.15) is 9.75 Å². The number of aryl methyl sites for hydroxylation is 1. The van der Waals surface area contributed by atoms with Crippen molar-refractivity contribution < 1.29 is 0 Å². The summed E-state index contributed by atoms with van der Waals surface area (Å²) in [5, 5.41) is 3.99. The third-order valence-electron chi connectivity index (χ3n) is 2.56. The fourth-order valence-corrected chi connectivity index (χ4v) is 2.86. The Labute approximate surface area is 120 Å². The van der Waals surface area contributed by atoms with Crippen molar-refractivity contribution in [3.8, 4) is 0 Å². The first-order valence-corrected chi connectivity index (χ1v) is 6.34. The number of nitrogens with one attached hydrogen (secondary N) is 1. The molecule has 0 saturated carbocycles. The van der Waals surface area contributed by atoms with Gasteiger partial charge in [0, 0.05) is 9.90 Å². The van der Waals surface area contributed by atoms with Gasteiger partial charge >= 0.3 is 0 Å². The summed E-state index contributed by atoms with van der Waals surface area (Å²) >= 11 is 7.59. The van der Waals surface area contributed by atoms with E-state index < -0.39 is 0 Å². The van der Waals surface area contributed by atoms with E-state index in [9.17, 15) is 0 Å². The number of benzene rings is 1. The van der Waals surface area contributed by atoms with Gasteiger partial charge in [-0.2, -0.15) is 0 Å². The molecule has 0 atom stereocenters. The Morgan fingerprint density at radius 1 is 1.28 bits per heavy atom. The molecular weight excluding hydrogens is 289 g/mol. The van der Waals surface area contributed by atoms with Crippen LogP contribution in [0.25, 0.3) is 0 Å². The molecule has 1 aromatic carbocycles. The smallest absolute Gasteiger partial charge is 0.143 e. The molecule has 0 saturated heterocycles. The molecule has 0 radical (unpaired) electrons. The SMILES string of the molecule is Cc1cc2c(s1)C(N)=Nc1cc(Cl)ccc1N2.Cl. The maximum Gasteiger partial charge on any atom is 0.143 e. The number of thiophene rings is 1. The zero-order valence-corrected chi connectivity index (χ0v) is 11.9. The van der Waals surface area contributed by atoms with Gasteiger partial charge in [0.25, 0.3) is 0 Å². The fraction of sp³-hybridized carbons (Fsp3) is 0.0833. The predicted molar refractivity (Wildman–Crippen MR) is 81.4 cm³/mol. The topological polar surface area (TPSA) is 50.4 Å². The summed E-state index contributed by atoms with van der Waals surface area (Å²) in [7, 11) is 0. The minimum Gasteiger partial charge on any atom is -0.382 e. The van der Waals surface area contributed by atoms with E-state index in [4.69, 9.17) is 17.3 Å². The first-order valence-electron chi connectivity index (χ1n) is 5.15. The van der Waals surface area contributed by atoms with Gasteiger partial charge in [-0.25, -0.2) is 4.99 Å². The molecule has 0 amide bonds. The molecule has 2 aromatic rings. The van der Waals surface area contributed by atoms with Crippen molar-refractivity contribution in [2.24, 2.45) is 10.7 Å². The zero-order chi connectivity index (χ0) is 12.0. The van der Waals surface area contributed by atoms with E-state index in [0.717, 1.165) is 21.9 Å². The van der Waals surface area contributed by atoms with Gasteiger partial charge in [-0.15, -0.1) is 23.7 Å². The number of anilines is 2. The first-order chi connectivity index (χ1) is 8.13. The van der Waals surface area contributed by atoms with Crippen molar-refractivity contribution in [1.29, 1.82) is 0 Å². The number of halogens is 2. The third-order valence-corrected chi connectivity index (χ3v) is 3.87. The summed E-state index contributed by atoms with van der Waals surface area (Å²) < 4.78 is 0. The molecular formula is C12H11Cl2N3S. The van der Waals surface area contributed by atoms with Crippen LogP contribution in [0.2, 0.25) is 5.02 Å². The second-order valence-electron chi connectivity index (χ2n) is 3.88. The lowest BCUT2D eigenvalue weighted by Gasteiger charge is -2.05. The van der Waals surface area contributed by atoms with Crippen molar-refractivity contribution in [3.63, 3.8) is 0 Å². The van der Waals surface area contributed by atoms with Crippen molar-refractivity contribution in [3.05, 3.63) is 39.0 Å². The van der Waals surface area contributed by atoms with Crippen LogP contribution in [0.15, 0.2) is 29.3 Å². The fourth-order valence-electron chi connectivity index (χ4n) is 1.83. The largest absolute Gasteiger partial charge is 0.382 e. The van der Waals surface area contributed by atoms with Crippen LogP contribution in [0.4, 0.5) is 17.1 Å². The van der Waals surface area contributed by atoms with Gasteiger partial charge in [0.1, 0.15) is 5.84 Å². The maximum atomic E-state index is 6.00. The van der Waals surface area contributed by atoms with Gasteiger partial charge in [0.2, 0.25) is 0 Å². The molecule has 0 bridgehead atoms. The highest BCUT2D eigenvalue weighted by Gasteiger charge is 2.16. The summed E-state index contributed by atoms with van der Waals surface area (Å²) in [6, 6.07) is 7.63. The molecule has 0 fully saturated rings. The van der Waals surface area contributed by atoms with Crippen LogP contribution < -0.4 is 11.1 Å². The Morgan fingerprint density at radius 3 is 2.83 bits per heavy atom. The Hall–Kier alpha value is -1.23. The number of fused-ring (bicyclic) bond motifs is 2. The lowest BCUT2D eigenvalue weighted by atomic mass is 10.2. The van der Waals surface area contributed by atoms with Crippen molar-refractivity contribution in [2.45, 2.75) is 6.92 Å². The number of aliphatic imine (C=N–C) groups is 1. The van der Waals surface area contributed by atoms with Gasteiger partial charge in [-0.3, -0.25) is 0 Å². The van der Waals surface area contributed by atoms with Crippen LogP contribution in [0.3, 0.4) is 0 Å². The van der Waals surface area contributed by atoms with Gasteiger partial charge in [0.05, 0.1) is 21.9 Å². The van der Waals surface area contributed by atoms with Crippen LogP contribution in [0.5, 0.6) is 0 Å². The normalized spacial score (nSPS) is 12.4. The first kappa shape index (κ1) is 13.2. The van der Waals surface area contributed by atoms with E-state index in [1.165, 1.54) is 4.88 Å². The molecule has 3 rings (SSSR count). The summed E-state index contributed by atoms with van der Waals surface area (Å²) in [6.07, 6.45) is 0. The number of hydrogen-bond donors (Lipinski definition) is 2. The van der Waals surface area contributed by atoms with E-state index in [2.05, 4.69) is 23.3 Å². The Kier molecular flexibility index (Phi) is 3.52. The number of nitrogens with two attached hydrogens (primary N) is 1. The lowest BCUT2D eigenvalue weighted by molar-refractivity contribution is 1.48. The summed E-state index contributed by atoms with van der Waals surface area (Å²) in [6.45, 7) is 2.05. The van der Waals surface area contributed by atoms with E-state index in [-0.39, 0.29) is 12.4 Å². The summed E-state index contributed by atoms with van der Waals surface area (Å²) in [5.41, 5.74) is 8.71. The van der Waals surface area contributed by atoms with Crippen LogP contribution >= 0.6 is 35.3 Å². The van der Waals surface area contributed by atoms with Crippen molar-refractivity contribution in [1.82, 2.24) is 0 Å². The second kappa shape index (κ2) is 4.80. The maximum absolute atomic E-state index is 6.00. The molecule has 1 aliphatic rings. The lowest BCUT2D eigenvalue weighted by Crippen LogP contribution is -2.10. The van der Waals surface area contributed by atoms with E-state index >= 15 is 0 Å². The molecule has 94 valence electrons. The minimum absolute atomic E-state index is 0. The highest BCUT2D eigenvalue weighted by Crippen LogP contribution is 2.38. The molecule has 6 heteroatoms. The molecule has 1 aliphatic heterocycles. The number of nitrogens with zero attached hydrogens (tertiary/aromatic N) is 1. The number of rotatable bonds is 0. The Balaban J connectivity index is 0.00000120. The van der Waals surface area contributed by atoms with Crippen LogP contribution in [-0.4, -0.2) is 5.84 Å². The quantitative estimate of drug-likeness (QED) is 0.765. The second-order valence-corrected chi connectivity index (χ2v) is 5.58. The van der Waals surface area contributed by atoms with Gasteiger partial charge in [0.15, 0.2) is 0 Å². The van der Waals surface area contributed by atoms with Gasteiger partial charge in [-0.1, -0.05) is 11.6 Å². The Morgan fingerprint density at radius 2 is 2.06 bits per heavy atom. The molecule has 2 heterocycles. The van der Waals surface area contributed by atoms with Crippen molar-refractivity contribution in [2.75, 3.05) is 5.32 Å². The summed E-state index contributed by atoms with van der Waals surface area (Å²) in [5.74, 6) is 0.534. The van der Waals surface area contributed by atoms with Crippen LogP contribution in [0, 0.1) is 6.92 Å². The number of hydrogen-bond acceptors (Lipinski definition) is 4. The Bertz CT molecular complexity index is 634. The van der Waals surface area contributed by atoms with E-state index in [1.807, 2.05) is 12.1 Å². The number of amidine groups is 1. The van der Waals surface area contributed by atoms with Crippen molar-refractivity contribution >= 4 is 58.2 Å². The molecule has 3 nitrogen and oxygen atoms in total. The predicted octanol–water partition coefficient (Wildman–Crippen LogP) is 4.23. The molecule has 0 unspecified atom stereocenters. The third kappa shape index (κ3) is 2.19. The standard InChI is InChI=1S/C12H10ClN3S.ClH/c1-6-4-10-11(17-6)12(14)16-9-5-7(13)2-3-8(9)15-10;/h2-5,15H,1H3,(H2,14,16);1H. The molecule has 0 spiro atoms.